The van der Waals surface area contributed by atoms with Gasteiger partial charge < -0.3 is 20.3 Å². The first-order valence-electron chi connectivity index (χ1n) is 11.8. The van der Waals surface area contributed by atoms with Crippen molar-refractivity contribution in [1.82, 2.24) is 20.5 Å². The Balaban J connectivity index is 1.25. The summed E-state index contributed by atoms with van der Waals surface area (Å²) in [6.45, 7) is 4.98. The molecule has 2 aliphatic heterocycles. The van der Waals surface area contributed by atoms with Gasteiger partial charge in [-0.1, -0.05) is 19.1 Å². The third-order valence-electron chi connectivity index (χ3n) is 6.87. The fourth-order valence-electron chi connectivity index (χ4n) is 5.09. The number of benzene rings is 1. The third-order valence-corrected chi connectivity index (χ3v) is 6.87. The van der Waals surface area contributed by atoms with Gasteiger partial charge in [0.1, 0.15) is 17.9 Å². The highest BCUT2D eigenvalue weighted by atomic mass is 16.5. The molecule has 7 heteroatoms. The van der Waals surface area contributed by atoms with Crippen molar-refractivity contribution >= 4 is 11.8 Å². The number of fused-ring (bicyclic) bond motifs is 1. The number of hydrogen-bond donors (Lipinski definition) is 2. The van der Waals surface area contributed by atoms with E-state index < -0.39 is 6.04 Å². The zero-order valence-electron chi connectivity index (χ0n) is 18.8. The molecule has 1 saturated heterocycles. The lowest BCUT2D eigenvalue weighted by molar-refractivity contribution is -0.126. The molecule has 33 heavy (non-hydrogen) atoms. The normalized spacial score (nSPS) is 25.0. The molecule has 2 aromatic rings. The van der Waals surface area contributed by atoms with Crippen LogP contribution in [0, 0.1) is 0 Å². The van der Waals surface area contributed by atoms with Crippen molar-refractivity contribution in [3.05, 3.63) is 71.7 Å². The van der Waals surface area contributed by atoms with E-state index in [9.17, 15) is 9.59 Å². The number of amides is 2. The zero-order chi connectivity index (χ0) is 22.8. The smallest absolute Gasteiger partial charge is 0.255 e. The number of carbonyl (C=O) groups is 2. The van der Waals surface area contributed by atoms with Crippen LogP contribution in [0.1, 0.15) is 60.1 Å². The first-order valence-corrected chi connectivity index (χ1v) is 11.8. The van der Waals surface area contributed by atoms with Crippen molar-refractivity contribution in [2.24, 2.45) is 0 Å². The van der Waals surface area contributed by atoms with Gasteiger partial charge in [-0.05, 0) is 68.0 Å². The van der Waals surface area contributed by atoms with Crippen molar-refractivity contribution in [2.45, 2.75) is 69.8 Å². The van der Waals surface area contributed by atoms with Crippen molar-refractivity contribution in [3.63, 3.8) is 0 Å². The van der Waals surface area contributed by atoms with Gasteiger partial charge in [0.05, 0.1) is 5.69 Å². The van der Waals surface area contributed by atoms with Gasteiger partial charge in [-0.2, -0.15) is 0 Å². The molecule has 2 fully saturated rings. The average Bonchev–Trinajstić information content (AvgIpc) is 3.14. The summed E-state index contributed by atoms with van der Waals surface area (Å²) in [5.41, 5.74) is 3.32. The summed E-state index contributed by atoms with van der Waals surface area (Å²) in [4.78, 5) is 31.5. The fourth-order valence-corrected chi connectivity index (χ4v) is 5.09. The van der Waals surface area contributed by atoms with Gasteiger partial charge in [0.15, 0.2) is 0 Å². The highest BCUT2D eigenvalue weighted by Gasteiger charge is 2.38. The summed E-state index contributed by atoms with van der Waals surface area (Å²) in [5.74, 6) is 0.547. The molecule has 3 heterocycles. The number of ether oxygens (including phenoxy) is 1. The van der Waals surface area contributed by atoms with Gasteiger partial charge >= 0.3 is 0 Å². The second kappa shape index (κ2) is 9.35. The molecule has 1 aromatic heterocycles. The van der Waals surface area contributed by atoms with E-state index in [2.05, 4.69) is 22.2 Å². The Hall–Kier alpha value is -3.19. The number of hydrogen-bond acceptors (Lipinski definition) is 5. The van der Waals surface area contributed by atoms with Crippen LogP contribution in [0.2, 0.25) is 0 Å². The van der Waals surface area contributed by atoms with Crippen LogP contribution in [0.25, 0.3) is 0 Å². The van der Waals surface area contributed by atoms with E-state index in [0.717, 1.165) is 48.5 Å². The van der Waals surface area contributed by atoms with Crippen LogP contribution in [-0.2, 0) is 17.9 Å². The van der Waals surface area contributed by atoms with Gasteiger partial charge in [-0.15, -0.1) is 0 Å². The summed E-state index contributed by atoms with van der Waals surface area (Å²) in [5, 5.41) is 6.41. The molecule has 1 unspecified atom stereocenters. The summed E-state index contributed by atoms with van der Waals surface area (Å²) in [6, 6.07) is 11.5. The van der Waals surface area contributed by atoms with Crippen LogP contribution in [-0.4, -0.2) is 39.9 Å². The number of allylic oxidation sites excluding steroid dienone is 1. The molecule has 2 amide bonds. The Kier molecular flexibility index (Phi) is 6.13. The van der Waals surface area contributed by atoms with Crippen molar-refractivity contribution in [3.8, 4) is 5.75 Å². The Morgan fingerprint density at radius 1 is 1.15 bits per heavy atom. The topological polar surface area (TPSA) is 83.6 Å². The minimum atomic E-state index is -0.446. The largest absolute Gasteiger partial charge is 0.489 e. The zero-order valence-corrected chi connectivity index (χ0v) is 18.8. The monoisotopic (exact) mass is 446 g/mol. The number of pyridine rings is 1. The first kappa shape index (κ1) is 21.6. The lowest BCUT2D eigenvalue weighted by Gasteiger charge is -2.32. The van der Waals surface area contributed by atoms with Gasteiger partial charge in [0.25, 0.3) is 5.91 Å². The van der Waals surface area contributed by atoms with Gasteiger partial charge in [-0.25, -0.2) is 0 Å². The Bertz CT molecular complexity index is 1050. The lowest BCUT2D eigenvalue weighted by atomic mass is 9.92. The van der Waals surface area contributed by atoms with Gasteiger partial charge in [0.2, 0.25) is 5.91 Å². The average molecular weight is 447 g/mol. The molecule has 172 valence electrons. The highest BCUT2D eigenvalue weighted by molar-refractivity contribution is 6.01. The van der Waals surface area contributed by atoms with Crippen LogP contribution in [0.15, 0.2) is 54.9 Å². The van der Waals surface area contributed by atoms with E-state index in [-0.39, 0.29) is 24.0 Å². The number of rotatable bonds is 6. The maximum atomic E-state index is 13.0. The highest BCUT2D eigenvalue weighted by Crippen LogP contribution is 2.32. The van der Waals surface area contributed by atoms with E-state index in [4.69, 9.17) is 4.74 Å². The summed E-state index contributed by atoms with van der Waals surface area (Å²) in [7, 11) is 0. The second-order valence-corrected chi connectivity index (χ2v) is 9.15. The fraction of sp³-hybridized carbons (Fsp3) is 0.423. The van der Waals surface area contributed by atoms with Crippen LogP contribution in [0.4, 0.5) is 0 Å². The predicted octanol–water partition coefficient (Wildman–Crippen LogP) is 3.31. The Morgan fingerprint density at radius 2 is 2.03 bits per heavy atom. The van der Waals surface area contributed by atoms with E-state index in [1.54, 1.807) is 4.90 Å². The van der Waals surface area contributed by atoms with E-state index in [0.29, 0.717) is 24.9 Å². The van der Waals surface area contributed by atoms with Crippen LogP contribution in [0.3, 0.4) is 0 Å². The summed E-state index contributed by atoms with van der Waals surface area (Å²) >= 11 is 0. The molecule has 3 aliphatic rings. The van der Waals surface area contributed by atoms with Gasteiger partial charge in [0, 0.05) is 36.6 Å². The number of nitrogens with zero attached hydrogens (tertiary/aromatic N) is 2. The van der Waals surface area contributed by atoms with E-state index >= 15 is 0 Å². The number of nitrogens with one attached hydrogen (secondary N) is 2. The molecule has 0 bridgehead atoms. The summed E-state index contributed by atoms with van der Waals surface area (Å²) in [6.07, 6.45) is 7.58. The third kappa shape index (κ3) is 4.64. The van der Waals surface area contributed by atoms with Crippen molar-refractivity contribution in [1.29, 1.82) is 0 Å². The summed E-state index contributed by atoms with van der Waals surface area (Å²) < 4.78 is 6.43. The first-order chi connectivity index (χ1) is 16.1. The standard InChI is InChI=1S/C26H30N4O3/c1-17-9-12-23(25(31)29-17)30-16-18-14-20(10-11-21(18)26(30)32)33-24-8-3-2-7-22(24)28-15-19-6-4-5-13-27-19/h4-6,10-11,13-14,22-24,28H,1-3,7-9,12,15-16H2,(H,29,31)/t22-,23?,24+/m1/s1. The molecule has 1 aromatic carbocycles. The van der Waals surface area contributed by atoms with E-state index in [1.807, 2.05) is 42.6 Å². The second-order valence-electron chi connectivity index (χ2n) is 9.15. The van der Waals surface area contributed by atoms with Gasteiger partial charge in [-0.3, -0.25) is 14.6 Å². The molecule has 3 atom stereocenters. The Labute approximate surface area is 194 Å². The SMILES string of the molecule is C=C1CCC(N2Cc3cc(O[C@H]4CCCC[C@H]4NCc4ccccn4)ccc3C2=O)C(=O)N1. The molecule has 1 aliphatic carbocycles. The lowest BCUT2D eigenvalue weighted by Crippen LogP contribution is -2.49. The minimum absolute atomic E-state index is 0.0730. The van der Waals surface area contributed by atoms with Crippen molar-refractivity contribution in [2.75, 3.05) is 0 Å². The molecule has 2 N–H and O–H groups in total. The number of aromatic nitrogens is 1. The maximum Gasteiger partial charge on any atom is 0.255 e. The number of piperidine rings is 1. The molecule has 7 nitrogen and oxygen atoms in total. The predicted molar refractivity (Wildman–Crippen MR) is 124 cm³/mol. The Morgan fingerprint density at radius 3 is 2.85 bits per heavy atom. The van der Waals surface area contributed by atoms with Crippen LogP contribution in [0.5, 0.6) is 5.75 Å². The van der Waals surface area contributed by atoms with Crippen LogP contribution < -0.4 is 15.4 Å². The van der Waals surface area contributed by atoms with E-state index in [1.165, 1.54) is 6.42 Å². The molecule has 5 rings (SSSR count). The molecule has 1 saturated carbocycles. The van der Waals surface area contributed by atoms with Crippen molar-refractivity contribution < 1.29 is 14.3 Å². The molecule has 0 spiro atoms. The van der Waals surface area contributed by atoms with Crippen LogP contribution >= 0.6 is 0 Å². The molecule has 0 radical (unpaired) electrons. The molecular formula is C26H30N4O3. The number of carbonyl (C=O) groups excluding carboxylic acids is 2. The quantitative estimate of drug-likeness (QED) is 0.711. The maximum absolute atomic E-state index is 13.0. The molecular weight excluding hydrogens is 416 g/mol. The minimum Gasteiger partial charge on any atom is -0.489 e.